The first-order chi connectivity index (χ1) is 9.74. The molecule has 0 aliphatic carbocycles. The van der Waals surface area contributed by atoms with Gasteiger partial charge in [0.2, 0.25) is 0 Å². The van der Waals surface area contributed by atoms with Crippen molar-refractivity contribution in [3.05, 3.63) is 35.9 Å². The van der Waals surface area contributed by atoms with Gasteiger partial charge in [0.1, 0.15) is 6.04 Å². The lowest BCUT2D eigenvalue weighted by Crippen LogP contribution is -2.51. The molecule has 108 valence electrons. The van der Waals surface area contributed by atoms with Crippen molar-refractivity contribution in [3.8, 4) is 6.07 Å². The molecule has 2 unspecified atom stereocenters. The molecule has 1 fully saturated rings. The van der Waals surface area contributed by atoms with Gasteiger partial charge in [-0.1, -0.05) is 37.3 Å². The Balaban J connectivity index is 2.10. The molecule has 0 amide bonds. The van der Waals surface area contributed by atoms with Crippen molar-refractivity contribution in [3.63, 3.8) is 0 Å². The lowest BCUT2D eigenvalue weighted by molar-refractivity contribution is 0.0856. The van der Waals surface area contributed by atoms with Crippen LogP contribution in [0.4, 0.5) is 0 Å². The second-order valence-corrected chi connectivity index (χ2v) is 5.42. The van der Waals surface area contributed by atoms with Gasteiger partial charge in [-0.15, -0.1) is 0 Å². The van der Waals surface area contributed by atoms with E-state index < -0.39 is 0 Å². The van der Waals surface area contributed by atoms with Gasteiger partial charge in [0, 0.05) is 32.2 Å². The summed E-state index contributed by atoms with van der Waals surface area (Å²) in [6, 6.07) is 13.3. The number of rotatable bonds is 5. The summed E-state index contributed by atoms with van der Waals surface area (Å²) in [4.78, 5) is 4.80. The number of nitriles is 1. The molecular formula is C16H24N4. The third-order valence-corrected chi connectivity index (χ3v) is 3.90. The topological polar surface area (TPSA) is 42.3 Å². The zero-order valence-electron chi connectivity index (χ0n) is 12.4. The SMILES string of the molecule is CCNC(C#N)CN1CCN(C)CC1c1ccccc1. The van der Waals surface area contributed by atoms with Crippen LogP contribution < -0.4 is 5.32 Å². The van der Waals surface area contributed by atoms with Crippen molar-refractivity contribution in [1.82, 2.24) is 15.1 Å². The van der Waals surface area contributed by atoms with Gasteiger partial charge in [0.05, 0.1) is 6.07 Å². The van der Waals surface area contributed by atoms with E-state index in [0.717, 1.165) is 32.7 Å². The van der Waals surface area contributed by atoms with Crippen LogP contribution in [0.15, 0.2) is 30.3 Å². The number of nitrogens with one attached hydrogen (secondary N) is 1. The molecule has 1 N–H and O–H groups in total. The van der Waals surface area contributed by atoms with Gasteiger partial charge in [-0.25, -0.2) is 0 Å². The Morgan fingerprint density at radius 1 is 1.35 bits per heavy atom. The van der Waals surface area contributed by atoms with Crippen LogP contribution in [0.25, 0.3) is 0 Å². The maximum atomic E-state index is 9.25. The zero-order chi connectivity index (χ0) is 14.4. The molecule has 0 aromatic heterocycles. The van der Waals surface area contributed by atoms with Crippen molar-refractivity contribution in [1.29, 1.82) is 5.26 Å². The molecule has 1 aromatic carbocycles. The van der Waals surface area contributed by atoms with E-state index >= 15 is 0 Å². The zero-order valence-corrected chi connectivity index (χ0v) is 12.4. The summed E-state index contributed by atoms with van der Waals surface area (Å²) in [7, 11) is 2.17. The summed E-state index contributed by atoms with van der Waals surface area (Å²) in [5.41, 5.74) is 1.34. The quantitative estimate of drug-likeness (QED) is 0.881. The maximum Gasteiger partial charge on any atom is 0.108 e. The summed E-state index contributed by atoms with van der Waals surface area (Å²) < 4.78 is 0. The normalized spacial score (nSPS) is 22.4. The fourth-order valence-corrected chi connectivity index (χ4v) is 2.80. The molecule has 0 bridgehead atoms. The molecule has 1 aromatic rings. The molecule has 0 radical (unpaired) electrons. The minimum absolute atomic E-state index is 0.0883. The minimum atomic E-state index is -0.0883. The van der Waals surface area contributed by atoms with Crippen molar-refractivity contribution in [2.75, 3.05) is 39.8 Å². The number of hydrogen-bond acceptors (Lipinski definition) is 4. The van der Waals surface area contributed by atoms with Gasteiger partial charge < -0.3 is 10.2 Å². The highest BCUT2D eigenvalue weighted by molar-refractivity contribution is 5.20. The maximum absolute atomic E-state index is 9.25. The van der Waals surface area contributed by atoms with E-state index in [-0.39, 0.29) is 6.04 Å². The first-order valence-corrected chi connectivity index (χ1v) is 7.35. The van der Waals surface area contributed by atoms with Crippen molar-refractivity contribution < 1.29 is 0 Å². The predicted octanol–water partition coefficient (Wildman–Crippen LogP) is 1.48. The van der Waals surface area contributed by atoms with Gasteiger partial charge in [0.25, 0.3) is 0 Å². The third-order valence-electron chi connectivity index (χ3n) is 3.90. The Morgan fingerprint density at radius 2 is 2.10 bits per heavy atom. The van der Waals surface area contributed by atoms with Gasteiger partial charge in [-0.2, -0.15) is 5.26 Å². The standard InChI is InChI=1S/C16H24N4/c1-3-18-15(11-17)12-20-10-9-19(2)13-16(20)14-7-5-4-6-8-14/h4-8,15-16,18H,3,9-10,12-13H2,1-2H3. The lowest BCUT2D eigenvalue weighted by Gasteiger charge is -2.41. The fourth-order valence-electron chi connectivity index (χ4n) is 2.80. The van der Waals surface area contributed by atoms with Crippen LogP contribution in [0.1, 0.15) is 18.5 Å². The summed E-state index contributed by atoms with van der Waals surface area (Å²) in [5.74, 6) is 0. The Bertz CT molecular complexity index is 440. The second kappa shape index (κ2) is 7.39. The van der Waals surface area contributed by atoms with E-state index in [1.807, 2.05) is 6.92 Å². The second-order valence-electron chi connectivity index (χ2n) is 5.42. The van der Waals surface area contributed by atoms with Crippen LogP contribution in [0.2, 0.25) is 0 Å². The molecule has 1 heterocycles. The molecule has 2 atom stereocenters. The summed E-state index contributed by atoms with van der Waals surface area (Å²) in [6.45, 7) is 6.77. The van der Waals surface area contributed by atoms with Gasteiger partial charge in [-0.05, 0) is 19.2 Å². The molecule has 1 saturated heterocycles. The molecule has 4 heteroatoms. The highest BCUT2D eigenvalue weighted by atomic mass is 15.3. The summed E-state index contributed by atoms with van der Waals surface area (Å²) >= 11 is 0. The van der Waals surface area contributed by atoms with E-state index in [9.17, 15) is 5.26 Å². The highest BCUT2D eigenvalue weighted by Gasteiger charge is 2.28. The van der Waals surface area contributed by atoms with Crippen molar-refractivity contribution in [2.24, 2.45) is 0 Å². The molecule has 2 rings (SSSR count). The van der Waals surface area contributed by atoms with E-state index in [1.54, 1.807) is 0 Å². The molecule has 1 aliphatic rings. The van der Waals surface area contributed by atoms with Crippen molar-refractivity contribution in [2.45, 2.75) is 19.0 Å². The number of benzene rings is 1. The van der Waals surface area contributed by atoms with E-state index in [2.05, 4.69) is 58.6 Å². The first-order valence-electron chi connectivity index (χ1n) is 7.35. The number of nitrogens with zero attached hydrogens (tertiary/aromatic N) is 3. The van der Waals surface area contributed by atoms with Gasteiger partial charge >= 0.3 is 0 Å². The minimum Gasteiger partial charge on any atom is -0.303 e. The van der Waals surface area contributed by atoms with E-state index in [4.69, 9.17) is 0 Å². The largest absolute Gasteiger partial charge is 0.303 e. The summed E-state index contributed by atoms with van der Waals surface area (Å²) in [6.07, 6.45) is 0. The molecule has 0 saturated carbocycles. The molecule has 4 nitrogen and oxygen atoms in total. The molecule has 0 spiro atoms. The lowest BCUT2D eigenvalue weighted by atomic mass is 10.0. The van der Waals surface area contributed by atoms with E-state index in [0.29, 0.717) is 6.04 Å². The summed E-state index contributed by atoms with van der Waals surface area (Å²) in [5, 5.41) is 12.5. The van der Waals surface area contributed by atoms with Gasteiger partial charge in [-0.3, -0.25) is 4.90 Å². The fraction of sp³-hybridized carbons (Fsp3) is 0.562. The van der Waals surface area contributed by atoms with Crippen LogP contribution in [-0.4, -0.2) is 55.6 Å². The van der Waals surface area contributed by atoms with Crippen LogP contribution >= 0.6 is 0 Å². The van der Waals surface area contributed by atoms with E-state index in [1.165, 1.54) is 5.56 Å². The van der Waals surface area contributed by atoms with Crippen molar-refractivity contribution >= 4 is 0 Å². The average Bonchev–Trinajstić information content (AvgIpc) is 2.49. The Hall–Kier alpha value is -1.41. The van der Waals surface area contributed by atoms with Crippen LogP contribution in [0.5, 0.6) is 0 Å². The predicted molar refractivity (Wildman–Crippen MR) is 81.3 cm³/mol. The molecule has 1 aliphatic heterocycles. The number of piperazine rings is 1. The van der Waals surface area contributed by atoms with Crippen LogP contribution in [-0.2, 0) is 0 Å². The number of hydrogen-bond donors (Lipinski definition) is 1. The molecular weight excluding hydrogens is 248 g/mol. The Labute approximate surface area is 122 Å². The highest BCUT2D eigenvalue weighted by Crippen LogP contribution is 2.24. The van der Waals surface area contributed by atoms with Crippen LogP contribution in [0, 0.1) is 11.3 Å². The monoisotopic (exact) mass is 272 g/mol. The van der Waals surface area contributed by atoms with Crippen LogP contribution in [0.3, 0.4) is 0 Å². The Kier molecular flexibility index (Phi) is 5.54. The smallest absolute Gasteiger partial charge is 0.108 e. The Morgan fingerprint density at radius 3 is 2.75 bits per heavy atom. The first kappa shape index (κ1) is 15.0. The molecule has 20 heavy (non-hydrogen) atoms. The van der Waals surface area contributed by atoms with Gasteiger partial charge in [0.15, 0.2) is 0 Å². The average molecular weight is 272 g/mol. The third kappa shape index (κ3) is 3.80. The number of likely N-dealkylation sites (N-methyl/N-ethyl adjacent to an activating group) is 2.